The second-order valence-corrected chi connectivity index (χ2v) is 5.40. The minimum atomic E-state index is -0.0456. The fourth-order valence-corrected chi connectivity index (χ4v) is 2.58. The van der Waals surface area contributed by atoms with Crippen molar-refractivity contribution in [1.82, 2.24) is 14.5 Å². The third-order valence-electron chi connectivity index (χ3n) is 3.76. The molecule has 3 rings (SSSR count). The zero-order valence-corrected chi connectivity index (χ0v) is 13.7. The van der Waals surface area contributed by atoms with E-state index in [1.165, 1.54) is 0 Å². The van der Waals surface area contributed by atoms with Crippen molar-refractivity contribution in [2.45, 2.75) is 33.4 Å². The smallest absolute Gasteiger partial charge is 0.226 e. The molecule has 0 fully saturated rings. The standard InChI is InChI=1S/C18H21N3O2/c1-4-22-14(3)17-19-10-11-21(17)12-16-13(2)23-18(20-16)15-8-6-5-7-9-15/h5-11,14H,4,12H2,1-3H3. The van der Waals surface area contributed by atoms with E-state index in [0.717, 1.165) is 22.8 Å². The molecule has 1 unspecified atom stereocenters. The van der Waals surface area contributed by atoms with Gasteiger partial charge < -0.3 is 13.7 Å². The number of nitrogens with zero attached hydrogens (tertiary/aromatic N) is 3. The number of hydrogen-bond acceptors (Lipinski definition) is 4. The summed E-state index contributed by atoms with van der Waals surface area (Å²) in [5.74, 6) is 2.38. The van der Waals surface area contributed by atoms with Crippen molar-refractivity contribution in [3.63, 3.8) is 0 Å². The predicted molar refractivity (Wildman–Crippen MR) is 88.0 cm³/mol. The highest BCUT2D eigenvalue weighted by molar-refractivity contribution is 5.53. The largest absolute Gasteiger partial charge is 0.441 e. The van der Waals surface area contributed by atoms with E-state index in [2.05, 4.69) is 14.5 Å². The van der Waals surface area contributed by atoms with E-state index in [1.807, 2.05) is 57.3 Å². The Balaban J connectivity index is 1.85. The summed E-state index contributed by atoms with van der Waals surface area (Å²) in [6.07, 6.45) is 3.69. The average Bonchev–Trinajstić information content (AvgIpc) is 3.16. The lowest BCUT2D eigenvalue weighted by atomic mass is 10.2. The maximum absolute atomic E-state index is 5.82. The van der Waals surface area contributed by atoms with Gasteiger partial charge in [0.2, 0.25) is 5.89 Å². The Morgan fingerprint density at radius 3 is 2.78 bits per heavy atom. The Kier molecular flexibility index (Phi) is 4.57. The summed E-state index contributed by atoms with van der Waals surface area (Å²) in [7, 11) is 0. The first-order valence-electron chi connectivity index (χ1n) is 7.83. The van der Waals surface area contributed by atoms with Gasteiger partial charge in [-0.2, -0.15) is 0 Å². The lowest BCUT2D eigenvalue weighted by Crippen LogP contribution is -2.10. The first-order chi connectivity index (χ1) is 11.2. The van der Waals surface area contributed by atoms with Crippen molar-refractivity contribution in [2.75, 3.05) is 6.61 Å². The lowest BCUT2D eigenvalue weighted by Gasteiger charge is -2.13. The quantitative estimate of drug-likeness (QED) is 0.690. The normalized spacial score (nSPS) is 12.5. The van der Waals surface area contributed by atoms with Gasteiger partial charge in [0.15, 0.2) is 0 Å². The summed E-state index contributed by atoms with van der Waals surface area (Å²) >= 11 is 0. The van der Waals surface area contributed by atoms with Crippen molar-refractivity contribution < 1.29 is 9.15 Å². The van der Waals surface area contributed by atoms with Crippen LogP contribution in [0, 0.1) is 6.92 Å². The molecule has 0 aliphatic rings. The van der Waals surface area contributed by atoms with Crippen LogP contribution in [0.2, 0.25) is 0 Å². The van der Waals surface area contributed by atoms with Crippen molar-refractivity contribution in [1.29, 1.82) is 0 Å². The fraction of sp³-hybridized carbons (Fsp3) is 0.333. The first kappa shape index (κ1) is 15.5. The summed E-state index contributed by atoms with van der Waals surface area (Å²) in [5, 5.41) is 0. The van der Waals surface area contributed by atoms with Gasteiger partial charge in [-0.05, 0) is 32.9 Å². The molecule has 120 valence electrons. The van der Waals surface area contributed by atoms with E-state index in [-0.39, 0.29) is 6.10 Å². The van der Waals surface area contributed by atoms with Crippen LogP contribution in [0.5, 0.6) is 0 Å². The van der Waals surface area contributed by atoms with Gasteiger partial charge in [0.05, 0.1) is 6.54 Å². The fourth-order valence-electron chi connectivity index (χ4n) is 2.58. The Hall–Kier alpha value is -2.40. The second-order valence-electron chi connectivity index (χ2n) is 5.40. The molecular formula is C18H21N3O2. The van der Waals surface area contributed by atoms with Crippen molar-refractivity contribution in [3.8, 4) is 11.5 Å². The zero-order valence-electron chi connectivity index (χ0n) is 13.7. The summed E-state index contributed by atoms with van der Waals surface area (Å²) in [6, 6.07) is 9.93. The molecule has 0 saturated carbocycles. The molecule has 2 heterocycles. The van der Waals surface area contributed by atoms with Gasteiger partial charge in [0.25, 0.3) is 0 Å². The van der Waals surface area contributed by atoms with E-state index in [1.54, 1.807) is 6.20 Å². The number of aryl methyl sites for hydroxylation is 1. The molecule has 0 bridgehead atoms. The Morgan fingerprint density at radius 2 is 2.04 bits per heavy atom. The Morgan fingerprint density at radius 1 is 1.26 bits per heavy atom. The maximum atomic E-state index is 5.82. The monoisotopic (exact) mass is 311 g/mol. The van der Waals surface area contributed by atoms with E-state index in [4.69, 9.17) is 9.15 Å². The maximum Gasteiger partial charge on any atom is 0.226 e. The molecule has 0 radical (unpaired) electrons. The van der Waals surface area contributed by atoms with Gasteiger partial charge in [-0.1, -0.05) is 18.2 Å². The van der Waals surface area contributed by atoms with Crippen LogP contribution in [0.3, 0.4) is 0 Å². The minimum Gasteiger partial charge on any atom is -0.441 e. The van der Waals surface area contributed by atoms with Crippen LogP contribution >= 0.6 is 0 Å². The number of oxazole rings is 1. The molecule has 2 aromatic heterocycles. The van der Waals surface area contributed by atoms with Crippen molar-refractivity contribution in [3.05, 3.63) is 60.0 Å². The topological polar surface area (TPSA) is 53.1 Å². The number of imidazole rings is 1. The summed E-state index contributed by atoms with van der Waals surface area (Å²) in [6.45, 7) is 7.21. The van der Waals surface area contributed by atoms with Crippen LogP contribution in [0.15, 0.2) is 47.1 Å². The summed E-state index contributed by atoms with van der Waals surface area (Å²) in [5.41, 5.74) is 1.89. The molecule has 0 N–H and O–H groups in total. The number of benzene rings is 1. The average molecular weight is 311 g/mol. The van der Waals surface area contributed by atoms with E-state index in [9.17, 15) is 0 Å². The highest BCUT2D eigenvalue weighted by Gasteiger charge is 2.16. The third-order valence-corrected chi connectivity index (χ3v) is 3.76. The van der Waals surface area contributed by atoms with Gasteiger partial charge in [-0.25, -0.2) is 9.97 Å². The highest BCUT2D eigenvalue weighted by Crippen LogP contribution is 2.23. The predicted octanol–water partition coefficient (Wildman–Crippen LogP) is 3.99. The van der Waals surface area contributed by atoms with Crippen LogP contribution in [0.1, 0.15) is 37.2 Å². The van der Waals surface area contributed by atoms with Gasteiger partial charge in [-0.3, -0.25) is 0 Å². The lowest BCUT2D eigenvalue weighted by molar-refractivity contribution is 0.0677. The molecule has 0 spiro atoms. The van der Waals surface area contributed by atoms with Gasteiger partial charge in [-0.15, -0.1) is 0 Å². The minimum absolute atomic E-state index is 0.0456. The van der Waals surface area contributed by atoms with Crippen LogP contribution in [0.4, 0.5) is 0 Å². The van der Waals surface area contributed by atoms with Gasteiger partial charge >= 0.3 is 0 Å². The first-order valence-corrected chi connectivity index (χ1v) is 7.83. The molecule has 5 nitrogen and oxygen atoms in total. The van der Waals surface area contributed by atoms with Crippen LogP contribution < -0.4 is 0 Å². The molecule has 0 saturated heterocycles. The SMILES string of the molecule is CCOC(C)c1nccn1Cc1nc(-c2ccccc2)oc1C. The van der Waals surface area contributed by atoms with Crippen molar-refractivity contribution >= 4 is 0 Å². The zero-order chi connectivity index (χ0) is 16.2. The van der Waals surface area contributed by atoms with Crippen LogP contribution in [0.25, 0.3) is 11.5 Å². The molecule has 5 heteroatoms. The molecule has 1 atom stereocenters. The molecular weight excluding hydrogens is 290 g/mol. The molecule has 0 amide bonds. The van der Waals surface area contributed by atoms with E-state index >= 15 is 0 Å². The molecule has 23 heavy (non-hydrogen) atoms. The second kappa shape index (κ2) is 6.79. The third kappa shape index (κ3) is 3.35. The number of ether oxygens (including phenoxy) is 1. The number of hydrogen-bond donors (Lipinski definition) is 0. The number of rotatable bonds is 6. The Bertz CT molecular complexity index is 762. The molecule has 3 aromatic rings. The summed E-state index contributed by atoms with van der Waals surface area (Å²) in [4.78, 5) is 9.05. The van der Waals surface area contributed by atoms with Crippen molar-refractivity contribution in [2.24, 2.45) is 0 Å². The molecule has 1 aromatic carbocycles. The van der Waals surface area contributed by atoms with E-state index in [0.29, 0.717) is 19.0 Å². The van der Waals surface area contributed by atoms with Crippen LogP contribution in [-0.4, -0.2) is 21.1 Å². The van der Waals surface area contributed by atoms with Gasteiger partial charge in [0, 0.05) is 24.6 Å². The van der Waals surface area contributed by atoms with Crippen LogP contribution in [-0.2, 0) is 11.3 Å². The van der Waals surface area contributed by atoms with E-state index < -0.39 is 0 Å². The Labute approximate surface area is 136 Å². The highest BCUT2D eigenvalue weighted by atomic mass is 16.5. The number of aromatic nitrogens is 3. The summed E-state index contributed by atoms with van der Waals surface area (Å²) < 4.78 is 13.5. The van der Waals surface area contributed by atoms with Gasteiger partial charge in [0.1, 0.15) is 23.4 Å². The molecule has 0 aliphatic carbocycles. The molecule has 0 aliphatic heterocycles.